The molecule has 0 saturated carbocycles. The lowest BCUT2D eigenvalue weighted by Gasteiger charge is -2.28. The van der Waals surface area contributed by atoms with E-state index >= 15 is 0 Å². The fourth-order valence-electron chi connectivity index (χ4n) is 9.13. The molecule has 0 aliphatic heterocycles. The summed E-state index contributed by atoms with van der Waals surface area (Å²) in [5.41, 5.74) is 18.2. The van der Waals surface area contributed by atoms with Crippen LogP contribution in [0.25, 0.3) is 43.8 Å². The van der Waals surface area contributed by atoms with Gasteiger partial charge in [0, 0.05) is 33.5 Å². The zero-order valence-electron chi connectivity index (χ0n) is 29.8. The second kappa shape index (κ2) is 12.4. The first-order valence-corrected chi connectivity index (χ1v) is 18.9. The average molecular weight is 689 g/mol. The Bertz CT molecular complexity index is 2580. The van der Waals surface area contributed by atoms with Gasteiger partial charge >= 0.3 is 0 Å². The molecule has 0 unspecified atom stereocenters. The minimum Gasteiger partial charge on any atom is -0.310 e. The average Bonchev–Trinajstić information content (AvgIpc) is 3.79. The first-order valence-electron chi connectivity index (χ1n) is 18.9. The van der Waals surface area contributed by atoms with Crippen LogP contribution in [0.4, 0.5) is 34.1 Å². The SMILES string of the molecule is c1ccc(N(c2ccccc2)c2cc3c(c4ccccc24)-c2cc4c(cc2C3)-c2c(cc(N(c3ccccc3)c3ccccc3)c3ccccc23)C4)cc1. The highest BCUT2D eigenvalue weighted by atomic mass is 15.1. The van der Waals surface area contributed by atoms with Crippen molar-refractivity contribution in [2.24, 2.45) is 0 Å². The highest BCUT2D eigenvalue weighted by Gasteiger charge is 2.31. The van der Waals surface area contributed by atoms with Crippen molar-refractivity contribution in [3.8, 4) is 22.3 Å². The molecular formula is C52H36N2. The molecule has 2 heteroatoms. The summed E-state index contributed by atoms with van der Waals surface area (Å²) in [6.45, 7) is 0. The number of para-hydroxylation sites is 4. The van der Waals surface area contributed by atoms with Crippen molar-refractivity contribution in [2.45, 2.75) is 12.8 Å². The van der Waals surface area contributed by atoms with Crippen molar-refractivity contribution in [1.29, 1.82) is 0 Å². The van der Waals surface area contributed by atoms with E-state index in [1.54, 1.807) is 0 Å². The monoisotopic (exact) mass is 688 g/mol. The molecule has 0 amide bonds. The van der Waals surface area contributed by atoms with Crippen LogP contribution < -0.4 is 9.80 Å². The van der Waals surface area contributed by atoms with E-state index in [1.165, 1.54) is 77.4 Å². The van der Waals surface area contributed by atoms with Crippen LogP contribution in [0, 0.1) is 0 Å². The molecule has 254 valence electrons. The van der Waals surface area contributed by atoms with Gasteiger partial charge in [-0.05, 0) is 141 Å². The Balaban J connectivity index is 1.07. The highest BCUT2D eigenvalue weighted by molar-refractivity contribution is 6.12. The fourth-order valence-corrected chi connectivity index (χ4v) is 9.13. The van der Waals surface area contributed by atoms with E-state index in [2.05, 4.69) is 204 Å². The van der Waals surface area contributed by atoms with Gasteiger partial charge in [-0.15, -0.1) is 0 Å². The molecule has 0 aromatic heterocycles. The molecule has 0 atom stereocenters. The van der Waals surface area contributed by atoms with Crippen molar-refractivity contribution in [2.75, 3.05) is 9.80 Å². The second-order valence-corrected chi connectivity index (χ2v) is 14.5. The Hall–Kier alpha value is -6.90. The Morgan fingerprint density at radius 1 is 0.278 bits per heavy atom. The lowest BCUT2D eigenvalue weighted by atomic mass is 9.92. The van der Waals surface area contributed by atoms with Crippen LogP contribution in [0.2, 0.25) is 0 Å². The molecule has 2 aliphatic rings. The predicted octanol–water partition coefficient (Wildman–Crippen LogP) is 14.1. The Kier molecular flexibility index (Phi) is 7.03. The topological polar surface area (TPSA) is 6.48 Å². The zero-order chi connectivity index (χ0) is 35.6. The Labute approximate surface area is 315 Å². The molecule has 0 N–H and O–H groups in total. The third-order valence-corrected chi connectivity index (χ3v) is 11.4. The fraction of sp³-hybridized carbons (Fsp3) is 0.0385. The molecule has 0 saturated heterocycles. The van der Waals surface area contributed by atoms with Gasteiger partial charge in [-0.3, -0.25) is 0 Å². The largest absolute Gasteiger partial charge is 0.310 e. The molecule has 2 nitrogen and oxygen atoms in total. The van der Waals surface area contributed by atoms with Gasteiger partial charge in [-0.1, -0.05) is 121 Å². The molecular weight excluding hydrogens is 653 g/mol. The van der Waals surface area contributed by atoms with Crippen molar-refractivity contribution in [3.05, 3.63) is 216 Å². The van der Waals surface area contributed by atoms with E-state index in [0.717, 1.165) is 35.6 Å². The van der Waals surface area contributed by atoms with E-state index in [9.17, 15) is 0 Å². The number of rotatable bonds is 6. The number of anilines is 6. The van der Waals surface area contributed by atoms with Gasteiger partial charge in [-0.2, -0.15) is 0 Å². The van der Waals surface area contributed by atoms with E-state index < -0.39 is 0 Å². The van der Waals surface area contributed by atoms with Crippen molar-refractivity contribution in [3.63, 3.8) is 0 Å². The highest BCUT2D eigenvalue weighted by Crippen LogP contribution is 2.53. The zero-order valence-corrected chi connectivity index (χ0v) is 29.8. The molecule has 0 radical (unpaired) electrons. The van der Waals surface area contributed by atoms with E-state index in [0.29, 0.717) is 0 Å². The van der Waals surface area contributed by atoms with Crippen LogP contribution >= 0.6 is 0 Å². The van der Waals surface area contributed by atoms with Crippen molar-refractivity contribution < 1.29 is 0 Å². The van der Waals surface area contributed by atoms with E-state index in [-0.39, 0.29) is 0 Å². The smallest absolute Gasteiger partial charge is 0.0543 e. The minimum absolute atomic E-state index is 0.911. The maximum atomic E-state index is 2.52. The number of hydrogen-bond acceptors (Lipinski definition) is 2. The molecule has 2 aliphatic carbocycles. The summed E-state index contributed by atoms with van der Waals surface area (Å²) in [4.78, 5) is 4.83. The summed E-state index contributed by atoms with van der Waals surface area (Å²) in [6, 6.07) is 71.0. The number of fused-ring (bicyclic) bond motifs is 10. The van der Waals surface area contributed by atoms with E-state index in [1.807, 2.05) is 0 Å². The second-order valence-electron chi connectivity index (χ2n) is 14.5. The number of benzene rings is 9. The summed E-state index contributed by atoms with van der Waals surface area (Å²) in [5.74, 6) is 0. The first kappa shape index (κ1) is 30.7. The normalized spacial score (nSPS) is 12.3. The van der Waals surface area contributed by atoms with Crippen LogP contribution in [0.1, 0.15) is 22.3 Å². The summed E-state index contributed by atoms with van der Waals surface area (Å²) in [7, 11) is 0. The third-order valence-electron chi connectivity index (χ3n) is 11.4. The first-order chi connectivity index (χ1) is 26.8. The minimum atomic E-state index is 0.911. The summed E-state index contributed by atoms with van der Waals surface area (Å²) < 4.78 is 0. The molecule has 9 aromatic rings. The lowest BCUT2D eigenvalue weighted by molar-refractivity contribution is 1.23. The molecule has 0 spiro atoms. The summed E-state index contributed by atoms with van der Waals surface area (Å²) >= 11 is 0. The molecule has 11 rings (SSSR count). The van der Waals surface area contributed by atoms with Crippen LogP contribution in [-0.4, -0.2) is 0 Å². The maximum absolute atomic E-state index is 2.52. The number of nitrogens with zero attached hydrogens (tertiary/aromatic N) is 2. The van der Waals surface area contributed by atoms with E-state index in [4.69, 9.17) is 0 Å². The van der Waals surface area contributed by atoms with Crippen LogP contribution in [-0.2, 0) is 12.8 Å². The van der Waals surface area contributed by atoms with Gasteiger partial charge in [0.1, 0.15) is 0 Å². The van der Waals surface area contributed by atoms with Crippen molar-refractivity contribution in [1.82, 2.24) is 0 Å². The summed E-state index contributed by atoms with van der Waals surface area (Å²) in [5, 5.41) is 5.15. The van der Waals surface area contributed by atoms with Gasteiger partial charge in [0.15, 0.2) is 0 Å². The predicted molar refractivity (Wildman–Crippen MR) is 227 cm³/mol. The Morgan fingerprint density at radius 2 is 0.574 bits per heavy atom. The van der Waals surface area contributed by atoms with Gasteiger partial charge in [-0.25, -0.2) is 0 Å². The Morgan fingerprint density at radius 3 is 0.907 bits per heavy atom. The van der Waals surface area contributed by atoms with Gasteiger partial charge in [0.25, 0.3) is 0 Å². The molecule has 0 fully saturated rings. The van der Waals surface area contributed by atoms with Crippen LogP contribution in [0.5, 0.6) is 0 Å². The van der Waals surface area contributed by atoms with Gasteiger partial charge < -0.3 is 9.80 Å². The van der Waals surface area contributed by atoms with Crippen LogP contribution in [0.3, 0.4) is 0 Å². The van der Waals surface area contributed by atoms with Crippen LogP contribution in [0.15, 0.2) is 194 Å². The molecule has 54 heavy (non-hydrogen) atoms. The molecule has 9 aromatic carbocycles. The standard InChI is InChI=1S/C52H36N2/c1-5-17-39(18-6-1)53(40-19-7-2-8-20-40)49-33-37-29-35-31-48-36(32-47(35)51(37)45-27-15-13-25-43(45)49)30-38-34-50(44-26-14-16-28-46(44)52(38)48)54(41-21-9-3-10-22-41)42-23-11-4-12-24-42/h1-28,31-34H,29-30H2. The van der Waals surface area contributed by atoms with Gasteiger partial charge in [0.05, 0.1) is 11.4 Å². The third kappa shape index (κ3) is 4.81. The molecule has 0 bridgehead atoms. The molecule has 0 heterocycles. The maximum Gasteiger partial charge on any atom is 0.0543 e. The quantitative estimate of drug-likeness (QED) is 0.172. The van der Waals surface area contributed by atoms with Crippen molar-refractivity contribution >= 4 is 55.7 Å². The van der Waals surface area contributed by atoms with Gasteiger partial charge in [0.2, 0.25) is 0 Å². The lowest BCUT2D eigenvalue weighted by Crippen LogP contribution is -2.11. The summed E-state index contributed by atoms with van der Waals surface area (Å²) in [6.07, 6.45) is 1.82. The number of hydrogen-bond donors (Lipinski definition) is 0.